The van der Waals surface area contributed by atoms with Crippen molar-refractivity contribution in [2.45, 2.75) is 24.3 Å². The first kappa shape index (κ1) is 17.3. The van der Waals surface area contributed by atoms with Gasteiger partial charge in [0.25, 0.3) is 5.69 Å². The van der Waals surface area contributed by atoms with Crippen molar-refractivity contribution in [2.24, 2.45) is 0 Å². The van der Waals surface area contributed by atoms with Crippen LogP contribution in [0.25, 0.3) is 0 Å². The maximum Gasteiger partial charge on any atom is 0.271 e. The topological polar surface area (TPSA) is 111 Å². The Labute approximate surface area is 123 Å². The van der Waals surface area contributed by atoms with Crippen LogP contribution in [0.2, 0.25) is 0 Å². The molecule has 8 nitrogen and oxygen atoms in total. The summed E-state index contributed by atoms with van der Waals surface area (Å²) < 4.78 is 32.1. The summed E-state index contributed by atoms with van der Waals surface area (Å²) in [5.74, 6) is 0. The predicted octanol–water partition coefficient (Wildman–Crippen LogP) is 1.34. The van der Waals surface area contributed by atoms with Gasteiger partial charge in [-0.15, -0.1) is 0 Å². The molecule has 21 heavy (non-hydrogen) atoms. The summed E-state index contributed by atoms with van der Waals surface area (Å²) in [6, 6.07) is 3.53. The highest BCUT2D eigenvalue weighted by Gasteiger charge is 2.24. The van der Waals surface area contributed by atoms with E-state index in [1.165, 1.54) is 26.3 Å². The zero-order valence-electron chi connectivity index (χ0n) is 12.3. The van der Waals surface area contributed by atoms with E-state index in [0.29, 0.717) is 0 Å². The maximum absolute atomic E-state index is 12.3. The highest BCUT2D eigenvalue weighted by molar-refractivity contribution is 7.89. The highest BCUT2D eigenvalue weighted by Crippen LogP contribution is 2.26. The second-order valence-corrected chi connectivity index (χ2v) is 6.71. The third-order valence-corrected chi connectivity index (χ3v) is 4.43. The summed E-state index contributed by atoms with van der Waals surface area (Å²) >= 11 is 0. The normalized spacial score (nSPS) is 12.2. The van der Waals surface area contributed by atoms with Crippen molar-refractivity contribution in [1.82, 2.24) is 4.72 Å². The molecule has 9 heteroatoms. The molecular weight excluding hydrogens is 298 g/mol. The second kappa shape index (κ2) is 6.37. The fourth-order valence-electron chi connectivity index (χ4n) is 1.48. The largest absolute Gasteiger partial charge is 0.387 e. The molecule has 0 fully saturated rings. The Morgan fingerprint density at radius 3 is 2.48 bits per heavy atom. The van der Waals surface area contributed by atoms with Crippen molar-refractivity contribution in [2.75, 3.05) is 26.0 Å². The summed E-state index contributed by atoms with van der Waals surface area (Å²) in [6.45, 7) is 3.56. The van der Waals surface area contributed by atoms with E-state index in [1.54, 1.807) is 13.8 Å². The van der Waals surface area contributed by atoms with E-state index in [1.807, 2.05) is 0 Å². The van der Waals surface area contributed by atoms with Crippen LogP contribution in [0.4, 0.5) is 11.4 Å². The number of anilines is 1. The highest BCUT2D eigenvalue weighted by atomic mass is 32.2. The lowest BCUT2D eigenvalue weighted by Gasteiger charge is -2.23. The number of nitro benzene ring substituents is 1. The van der Waals surface area contributed by atoms with Gasteiger partial charge in [-0.3, -0.25) is 10.1 Å². The van der Waals surface area contributed by atoms with E-state index in [2.05, 4.69) is 10.0 Å². The molecule has 0 bridgehead atoms. The third-order valence-electron chi connectivity index (χ3n) is 2.97. The molecule has 0 atom stereocenters. The van der Waals surface area contributed by atoms with Crippen molar-refractivity contribution in [3.05, 3.63) is 28.3 Å². The van der Waals surface area contributed by atoms with Gasteiger partial charge in [0.1, 0.15) is 4.90 Å². The van der Waals surface area contributed by atoms with Crippen LogP contribution in [-0.4, -0.2) is 39.6 Å². The van der Waals surface area contributed by atoms with E-state index in [4.69, 9.17) is 4.74 Å². The minimum atomic E-state index is -3.80. The Kier molecular flexibility index (Phi) is 5.26. The quantitative estimate of drug-likeness (QED) is 0.580. The predicted molar refractivity (Wildman–Crippen MR) is 78.9 cm³/mol. The molecule has 1 aromatic rings. The molecule has 0 aliphatic heterocycles. The Hall–Kier alpha value is -1.71. The number of hydrogen-bond acceptors (Lipinski definition) is 6. The van der Waals surface area contributed by atoms with Crippen LogP contribution >= 0.6 is 0 Å². The van der Waals surface area contributed by atoms with Crippen LogP contribution in [0.1, 0.15) is 13.8 Å². The standard InChI is InChI=1S/C12H19N3O5S/c1-12(2,20-4)8-14-21(18,19)11-6-5-9(15(16)17)7-10(11)13-3/h5-7,13-14H,8H2,1-4H3. The molecule has 0 aliphatic carbocycles. The molecule has 118 valence electrons. The van der Waals surface area contributed by atoms with Crippen molar-refractivity contribution >= 4 is 21.4 Å². The first-order valence-electron chi connectivity index (χ1n) is 6.14. The number of nitrogens with one attached hydrogen (secondary N) is 2. The molecule has 2 N–H and O–H groups in total. The number of benzene rings is 1. The number of rotatable bonds is 7. The summed E-state index contributed by atoms with van der Waals surface area (Å²) in [7, 11) is -0.821. The van der Waals surface area contributed by atoms with Gasteiger partial charge in [-0.2, -0.15) is 0 Å². The molecular formula is C12H19N3O5S. The lowest BCUT2D eigenvalue weighted by molar-refractivity contribution is -0.384. The number of ether oxygens (including phenoxy) is 1. The lowest BCUT2D eigenvalue weighted by Crippen LogP contribution is -2.39. The minimum absolute atomic E-state index is 0.0532. The summed E-state index contributed by atoms with van der Waals surface area (Å²) in [5.41, 5.74) is -0.685. The second-order valence-electron chi connectivity index (χ2n) is 4.98. The summed E-state index contributed by atoms with van der Waals surface area (Å²) in [6.07, 6.45) is 0. The van der Waals surface area contributed by atoms with Crippen LogP contribution in [-0.2, 0) is 14.8 Å². The molecule has 1 rings (SSSR count). The Morgan fingerprint density at radius 2 is 2.00 bits per heavy atom. The molecule has 0 heterocycles. The molecule has 1 aromatic carbocycles. The molecule has 0 aromatic heterocycles. The first-order valence-corrected chi connectivity index (χ1v) is 7.62. The Balaban J connectivity index is 3.11. The van der Waals surface area contributed by atoms with Gasteiger partial charge in [0.05, 0.1) is 16.2 Å². The van der Waals surface area contributed by atoms with E-state index >= 15 is 0 Å². The van der Waals surface area contributed by atoms with Gasteiger partial charge in [-0.25, -0.2) is 13.1 Å². The number of sulfonamides is 1. The number of nitrogens with zero attached hydrogens (tertiary/aromatic N) is 1. The van der Waals surface area contributed by atoms with E-state index in [-0.39, 0.29) is 22.8 Å². The number of hydrogen-bond donors (Lipinski definition) is 2. The number of nitro groups is 1. The monoisotopic (exact) mass is 317 g/mol. The fraction of sp³-hybridized carbons (Fsp3) is 0.500. The van der Waals surface area contributed by atoms with Crippen LogP contribution in [0.15, 0.2) is 23.1 Å². The van der Waals surface area contributed by atoms with E-state index in [9.17, 15) is 18.5 Å². The van der Waals surface area contributed by atoms with Gasteiger partial charge >= 0.3 is 0 Å². The average Bonchev–Trinajstić information content (AvgIpc) is 2.44. The molecule has 0 saturated carbocycles. The zero-order valence-corrected chi connectivity index (χ0v) is 13.2. The Morgan fingerprint density at radius 1 is 1.38 bits per heavy atom. The van der Waals surface area contributed by atoms with E-state index in [0.717, 1.165) is 6.07 Å². The van der Waals surface area contributed by atoms with Crippen LogP contribution < -0.4 is 10.0 Å². The first-order chi connectivity index (χ1) is 9.63. The maximum atomic E-state index is 12.3. The summed E-state index contributed by atoms with van der Waals surface area (Å²) in [5, 5.41) is 13.4. The van der Waals surface area contributed by atoms with Gasteiger partial charge < -0.3 is 10.1 Å². The van der Waals surface area contributed by atoms with Crippen molar-refractivity contribution in [3.63, 3.8) is 0 Å². The van der Waals surface area contributed by atoms with Crippen molar-refractivity contribution in [3.8, 4) is 0 Å². The molecule has 0 amide bonds. The zero-order chi connectivity index (χ0) is 16.3. The van der Waals surface area contributed by atoms with Gasteiger partial charge in [0, 0.05) is 32.8 Å². The molecule has 0 radical (unpaired) electrons. The van der Waals surface area contributed by atoms with Crippen LogP contribution in [0.5, 0.6) is 0 Å². The molecule has 0 unspecified atom stereocenters. The van der Waals surface area contributed by atoms with E-state index < -0.39 is 20.5 Å². The third kappa shape index (κ3) is 4.38. The molecule has 0 saturated heterocycles. The lowest BCUT2D eigenvalue weighted by atomic mass is 10.1. The van der Waals surface area contributed by atoms with Crippen LogP contribution in [0.3, 0.4) is 0 Å². The SMILES string of the molecule is CNc1cc([N+](=O)[O-])ccc1S(=O)(=O)NCC(C)(C)OC. The fourth-order valence-corrected chi connectivity index (χ4v) is 2.87. The molecule has 0 spiro atoms. The number of non-ortho nitro benzene ring substituents is 1. The summed E-state index contributed by atoms with van der Waals surface area (Å²) in [4.78, 5) is 10.1. The molecule has 0 aliphatic rings. The van der Waals surface area contributed by atoms with Crippen LogP contribution in [0, 0.1) is 10.1 Å². The van der Waals surface area contributed by atoms with Gasteiger partial charge in [-0.05, 0) is 19.9 Å². The van der Waals surface area contributed by atoms with Gasteiger partial charge in [0.15, 0.2) is 0 Å². The smallest absolute Gasteiger partial charge is 0.271 e. The van der Waals surface area contributed by atoms with Crippen molar-refractivity contribution < 1.29 is 18.1 Å². The van der Waals surface area contributed by atoms with Crippen molar-refractivity contribution in [1.29, 1.82) is 0 Å². The van der Waals surface area contributed by atoms with Gasteiger partial charge in [0.2, 0.25) is 10.0 Å². The van der Waals surface area contributed by atoms with Gasteiger partial charge in [-0.1, -0.05) is 0 Å². The minimum Gasteiger partial charge on any atom is -0.387 e. The average molecular weight is 317 g/mol. The number of methoxy groups -OCH3 is 1. The Bertz CT molecular complexity index is 628.